The molecule has 138 valence electrons. The van der Waals surface area contributed by atoms with Crippen molar-refractivity contribution in [2.24, 2.45) is 0 Å². The van der Waals surface area contributed by atoms with Crippen molar-refractivity contribution in [3.05, 3.63) is 82.5 Å². The number of rotatable bonds is 5. The number of phenolic OH excluding ortho intramolecular Hbond substituents is 1. The zero-order valence-corrected chi connectivity index (χ0v) is 14.6. The minimum absolute atomic E-state index is 0.0511. The largest absolute Gasteiger partial charge is 0.508 e. The van der Waals surface area contributed by atoms with Gasteiger partial charge < -0.3 is 10.4 Å². The summed E-state index contributed by atoms with van der Waals surface area (Å²) in [7, 11) is 0. The van der Waals surface area contributed by atoms with E-state index in [-0.39, 0.29) is 11.4 Å². The molecule has 0 bridgehead atoms. The van der Waals surface area contributed by atoms with Crippen LogP contribution in [0.25, 0.3) is 22.4 Å². The Morgan fingerprint density at radius 2 is 1.86 bits per heavy atom. The van der Waals surface area contributed by atoms with Crippen LogP contribution in [-0.2, 0) is 6.54 Å². The second-order valence-corrected chi connectivity index (χ2v) is 6.12. The van der Waals surface area contributed by atoms with Crippen molar-refractivity contribution in [2.45, 2.75) is 6.54 Å². The number of fused-ring (bicyclic) bond motifs is 1. The lowest BCUT2D eigenvalue weighted by Gasteiger charge is -2.07. The standard InChI is InChI=1S/C20H15N5O3/c26-16-6-4-14(5-7-16)18-12-21-17-8-9-19(24-20(17)23-18)22-11-13-2-1-3-15(10-13)25(27)28/h1-10,12,26H,11H2,(H,22,23,24). The Kier molecular flexibility index (Phi) is 4.51. The molecular weight excluding hydrogens is 358 g/mol. The van der Waals surface area contributed by atoms with Crippen LogP contribution < -0.4 is 5.32 Å². The van der Waals surface area contributed by atoms with E-state index in [0.29, 0.717) is 29.2 Å². The van der Waals surface area contributed by atoms with Crippen molar-refractivity contribution in [3.8, 4) is 17.0 Å². The maximum Gasteiger partial charge on any atom is 0.269 e. The number of hydrogen-bond acceptors (Lipinski definition) is 7. The molecule has 0 aliphatic rings. The number of nitrogens with zero attached hydrogens (tertiary/aromatic N) is 4. The fraction of sp³-hybridized carbons (Fsp3) is 0.0500. The first-order chi connectivity index (χ1) is 13.6. The second-order valence-electron chi connectivity index (χ2n) is 6.12. The van der Waals surface area contributed by atoms with Gasteiger partial charge in [0.15, 0.2) is 5.65 Å². The van der Waals surface area contributed by atoms with E-state index in [9.17, 15) is 15.2 Å². The number of anilines is 1. The molecule has 0 fully saturated rings. The first-order valence-electron chi connectivity index (χ1n) is 8.49. The number of hydrogen-bond donors (Lipinski definition) is 2. The molecule has 4 aromatic rings. The lowest BCUT2D eigenvalue weighted by atomic mass is 10.1. The van der Waals surface area contributed by atoms with Crippen molar-refractivity contribution < 1.29 is 10.0 Å². The third kappa shape index (κ3) is 3.70. The molecule has 0 aliphatic carbocycles. The summed E-state index contributed by atoms with van der Waals surface area (Å²) in [6.45, 7) is 0.394. The zero-order valence-electron chi connectivity index (χ0n) is 14.6. The van der Waals surface area contributed by atoms with E-state index < -0.39 is 4.92 Å². The average Bonchev–Trinajstić information content (AvgIpc) is 2.72. The van der Waals surface area contributed by atoms with Crippen LogP contribution in [0.1, 0.15) is 5.56 Å². The molecule has 0 aliphatic heterocycles. The number of nitrogens with one attached hydrogen (secondary N) is 1. The highest BCUT2D eigenvalue weighted by atomic mass is 16.6. The van der Waals surface area contributed by atoms with Crippen LogP contribution in [0.15, 0.2) is 66.9 Å². The van der Waals surface area contributed by atoms with Crippen LogP contribution in [0, 0.1) is 10.1 Å². The fourth-order valence-corrected chi connectivity index (χ4v) is 2.74. The number of non-ortho nitro benzene ring substituents is 1. The highest BCUT2D eigenvalue weighted by Gasteiger charge is 2.07. The fourth-order valence-electron chi connectivity index (χ4n) is 2.74. The summed E-state index contributed by atoms with van der Waals surface area (Å²) in [5.41, 5.74) is 3.44. The van der Waals surface area contributed by atoms with Gasteiger partial charge in [-0.25, -0.2) is 9.97 Å². The molecule has 0 atom stereocenters. The third-order valence-electron chi connectivity index (χ3n) is 4.16. The number of nitro benzene ring substituents is 1. The molecule has 8 heteroatoms. The molecule has 28 heavy (non-hydrogen) atoms. The van der Waals surface area contributed by atoms with Gasteiger partial charge in [-0.3, -0.25) is 15.1 Å². The van der Waals surface area contributed by atoms with Crippen molar-refractivity contribution in [2.75, 3.05) is 5.32 Å². The molecule has 2 aromatic heterocycles. The zero-order chi connectivity index (χ0) is 19.5. The van der Waals surface area contributed by atoms with Gasteiger partial charge in [0.1, 0.15) is 17.1 Å². The van der Waals surface area contributed by atoms with E-state index in [1.807, 2.05) is 12.1 Å². The number of nitro groups is 1. The Hall–Kier alpha value is -4.07. The molecule has 0 saturated carbocycles. The number of aromatic nitrogens is 3. The highest BCUT2D eigenvalue weighted by molar-refractivity contribution is 5.75. The SMILES string of the molecule is O=[N+]([O-])c1cccc(CNc2ccc3ncc(-c4ccc(O)cc4)nc3n2)c1. The summed E-state index contributed by atoms with van der Waals surface area (Å²) in [5.74, 6) is 0.777. The van der Waals surface area contributed by atoms with Gasteiger partial charge in [-0.1, -0.05) is 12.1 Å². The summed E-state index contributed by atoms with van der Waals surface area (Å²) < 4.78 is 0. The predicted octanol–water partition coefficient (Wildman–Crippen LogP) is 3.92. The van der Waals surface area contributed by atoms with Crippen LogP contribution in [0.3, 0.4) is 0 Å². The maximum atomic E-state index is 10.9. The van der Waals surface area contributed by atoms with Crippen LogP contribution in [0.4, 0.5) is 11.5 Å². The van der Waals surface area contributed by atoms with Crippen LogP contribution in [0.5, 0.6) is 5.75 Å². The highest BCUT2D eigenvalue weighted by Crippen LogP contribution is 2.22. The van der Waals surface area contributed by atoms with Crippen LogP contribution >= 0.6 is 0 Å². The summed E-state index contributed by atoms with van der Waals surface area (Å²) in [5, 5.41) is 23.5. The number of benzene rings is 2. The second kappa shape index (κ2) is 7.28. The Morgan fingerprint density at radius 1 is 1.04 bits per heavy atom. The molecule has 8 nitrogen and oxygen atoms in total. The monoisotopic (exact) mass is 373 g/mol. The summed E-state index contributed by atoms with van der Waals surface area (Å²) in [6.07, 6.45) is 1.66. The smallest absolute Gasteiger partial charge is 0.269 e. The summed E-state index contributed by atoms with van der Waals surface area (Å²) >= 11 is 0. The van der Waals surface area contributed by atoms with Crippen molar-refractivity contribution >= 4 is 22.7 Å². The molecular formula is C20H15N5O3. The molecule has 4 rings (SSSR count). The minimum atomic E-state index is -0.418. The average molecular weight is 373 g/mol. The van der Waals surface area contributed by atoms with E-state index in [4.69, 9.17) is 0 Å². The van der Waals surface area contributed by atoms with Crippen LogP contribution in [0.2, 0.25) is 0 Å². The van der Waals surface area contributed by atoms with Gasteiger partial charge in [0.05, 0.1) is 16.8 Å². The van der Waals surface area contributed by atoms with E-state index in [0.717, 1.165) is 11.1 Å². The Balaban J connectivity index is 1.57. The van der Waals surface area contributed by atoms with Crippen molar-refractivity contribution in [1.82, 2.24) is 15.0 Å². The lowest BCUT2D eigenvalue weighted by Crippen LogP contribution is -2.03. The number of phenols is 1. The molecule has 0 saturated heterocycles. The molecule has 0 spiro atoms. The Bertz CT molecular complexity index is 1160. The summed E-state index contributed by atoms with van der Waals surface area (Å²) in [4.78, 5) is 23.9. The third-order valence-corrected chi connectivity index (χ3v) is 4.16. The maximum absolute atomic E-state index is 10.9. The van der Waals surface area contributed by atoms with Gasteiger partial charge in [-0.2, -0.15) is 0 Å². The van der Waals surface area contributed by atoms with Crippen LogP contribution in [-0.4, -0.2) is 25.0 Å². The molecule has 0 radical (unpaired) electrons. The minimum Gasteiger partial charge on any atom is -0.508 e. The topological polar surface area (TPSA) is 114 Å². The molecule has 2 aromatic carbocycles. The van der Waals surface area contributed by atoms with E-state index in [1.165, 1.54) is 12.1 Å². The molecule has 0 amide bonds. The van der Waals surface area contributed by atoms with Gasteiger partial charge >= 0.3 is 0 Å². The lowest BCUT2D eigenvalue weighted by molar-refractivity contribution is -0.384. The van der Waals surface area contributed by atoms with Gasteiger partial charge in [0.2, 0.25) is 0 Å². The Morgan fingerprint density at radius 3 is 2.64 bits per heavy atom. The normalized spacial score (nSPS) is 10.7. The summed E-state index contributed by atoms with van der Waals surface area (Å²) in [6, 6.07) is 16.7. The van der Waals surface area contributed by atoms with Crippen molar-refractivity contribution in [1.29, 1.82) is 0 Å². The first-order valence-corrected chi connectivity index (χ1v) is 8.49. The van der Waals surface area contributed by atoms with Gasteiger partial charge in [0.25, 0.3) is 5.69 Å². The first kappa shape index (κ1) is 17.3. The molecule has 2 heterocycles. The van der Waals surface area contributed by atoms with Crippen molar-refractivity contribution in [3.63, 3.8) is 0 Å². The quantitative estimate of drug-likeness (QED) is 0.402. The van der Waals surface area contributed by atoms with E-state index >= 15 is 0 Å². The Labute approximate surface area is 159 Å². The van der Waals surface area contributed by atoms with E-state index in [1.54, 1.807) is 42.6 Å². The molecule has 0 unspecified atom stereocenters. The van der Waals surface area contributed by atoms with Gasteiger partial charge in [0, 0.05) is 24.2 Å². The van der Waals surface area contributed by atoms with Gasteiger partial charge in [-0.05, 0) is 42.0 Å². The van der Waals surface area contributed by atoms with Gasteiger partial charge in [-0.15, -0.1) is 0 Å². The predicted molar refractivity (Wildman–Crippen MR) is 105 cm³/mol. The number of pyridine rings is 1. The van der Waals surface area contributed by atoms with E-state index in [2.05, 4.69) is 20.3 Å². The number of aromatic hydroxyl groups is 1. The molecule has 2 N–H and O–H groups in total.